The van der Waals surface area contributed by atoms with Gasteiger partial charge in [-0.25, -0.2) is 0 Å². The first kappa shape index (κ1) is 19.5. The van der Waals surface area contributed by atoms with Gasteiger partial charge in [-0.15, -0.1) is 25.6 Å². The topological polar surface area (TPSA) is 61.3 Å². The summed E-state index contributed by atoms with van der Waals surface area (Å²) in [6, 6.07) is 3.92. The number of hydrogen-bond donors (Lipinski definition) is 2. The smallest absolute Gasteiger partial charge is 0.406 e. The molecule has 0 fully saturated rings. The molecule has 0 heterocycles. The first-order valence-electron chi connectivity index (χ1n) is 5.83. The van der Waals surface area contributed by atoms with Crippen LogP contribution in [0.1, 0.15) is 30.9 Å². The molecule has 1 aromatic rings. The van der Waals surface area contributed by atoms with Crippen molar-refractivity contribution in [1.82, 2.24) is 0 Å². The summed E-state index contributed by atoms with van der Waals surface area (Å²) >= 11 is 3.15. The van der Waals surface area contributed by atoms with E-state index in [0.29, 0.717) is 23.0 Å². The van der Waals surface area contributed by atoms with Gasteiger partial charge in [0.1, 0.15) is 5.75 Å². The van der Waals surface area contributed by atoms with Crippen molar-refractivity contribution < 1.29 is 17.9 Å². The van der Waals surface area contributed by atoms with Gasteiger partial charge in [0, 0.05) is 10.5 Å². The Balaban J connectivity index is 0.00000361. The molecule has 1 atom stereocenters. The lowest BCUT2D eigenvalue weighted by Crippen LogP contribution is -2.18. The number of benzene rings is 1. The Hall–Kier alpha value is -0.500. The van der Waals surface area contributed by atoms with Gasteiger partial charge >= 0.3 is 6.36 Å². The van der Waals surface area contributed by atoms with Crippen LogP contribution in [0.4, 0.5) is 13.2 Å². The summed E-state index contributed by atoms with van der Waals surface area (Å²) in [6.45, 7) is 0.577. The van der Waals surface area contributed by atoms with Gasteiger partial charge in [-0.2, -0.15) is 0 Å². The highest BCUT2D eigenvalue weighted by molar-refractivity contribution is 9.10. The van der Waals surface area contributed by atoms with E-state index in [0.717, 1.165) is 12.8 Å². The molecule has 0 saturated carbocycles. The zero-order valence-electron chi connectivity index (χ0n) is 10.6. The van der Waals surface area contributed by atoms with Crippen molar-refractivity contribution in [2.24, 2.45) is 11.5 Å². The van der Waals surface area contributed by atoms with E-state index in [2.05, 4.69) is 20.7 Å². The summed E-state index contributed by atoms with van der Waals surface area (Å²) in [5, 5.41) is 0. The summed E-state index contributed by atoms with van der Waals surface area (Å²) in [5.41, 5.74) is 11.9. The van der Waals surface area contributed by atoms with Crippen LogP contribution in [0.2, 0.25) is 0 Å². The Morgan fingerprint density at radius 2 is 1.85 bits per heavy atom. The largest absolute Gasteiger partial charge is 0.573 e. The number of hydrogen-bond acceptors (Lipinski definition) is 3. The predicted octanol–water partition coefficient (Wildman–Crippen LogP) is 3.90. The average molecular weight is 378 g/mol. The lowest BCUT2D eigenvalue weighted by Gasteiger charge is -2.15. The minimum Gasteiger partial charge on any atom is -0.406 e. The highest BCUT2D eigenvalue weighted by atomic mass is 79.9. The Kier molecular flexibility index (Phi) is 8.50. The fraction of sp³-hybridized carbons (Fsp3) is 0.500. The van der Waals surface area contributed by atoms with E-state index in [1.54, 1.807) is 6.07 Å². The third kappa shape index (κ3) is 7.33. The molecule has 0 aromatic heterocycles. The molecule has 3 nitrogen and oxygen atoms in total. The second kappa shape index (κ2) is 8.71. The zero-order valence-corrected chi connectivity index (χ0v) is 13.0. The van der Waals surface area contributed by atoms with E-state index in [4.69, 9.17) is 11.5 Å². The standard InChI is InChI=1S/C12H16BrF3N2O.ClH/c13-9-5-8(11(18)3-1-2-4-17)6-10(7-9)19-12(14,15)16;/h5-7,11H,1-4,17-18H2;1H/t11-;/m0./s1. The quantitative estimate of drug-likeness (QED) is 0.739. The van der Waals surface area contributed by atoms with Crippen LogP contribution in [-0.2, 0) is 0 Å². The van der Waals surface area contributed by atoms with E-state index in [1.165, 1.54) is 12.1 Å². The number of ether oxygens (including phenoxy) is 1. The van der Waals surface area contributed by atoms with E-state index < -0.39 is 6.36 Å². The Morgan fingerprint density at radius 3 is 2.40 bits per heavy atom. The highest BCUT2D eigenvalue weighted by Gasteiger charge is 2.31. The number of nitrogens with two attached hydrogens (primary N) is 2. The number of unbranched alkanes of at least 4 members (excludes halogenated alkanes) is 1. The van der Waals surface area contributed by atoms with Crippen LogP contribution in [0.3, 0.4) is 0 Å². The van der Waals surface area contributed by atoms with Crippen LogP contribution in [0.25, 0.3) is 0 Å². The first-order chi connectivity index (χ1) is 8.81. The van der Waals surface area contributed by atoms with Crippen molar-refractivity contribution in [2.45, 2.75) is 31.7 Å². The SMILES string of the molecule is Cl.NCCCC[C@H](N)c1cc(Br)cc(OC(F)(F)F)c1. The maximum absolute atomic E-state index is 12.2. The van der Waals surface area contributed by atoms with Crippen LogP contribution < -0.4 is 16.2 Å². The van der Waals surface area contributed by atoms with Crippen molar-refractivity contribution in [3.8, 4) is 5.75 Å². The van der Waals surface area contributed by atoms with E-state index in [1.807, 2.05) is 0 Å². The molecule has 0 amide bonds. The molecule has 0 saturated heterocycles. The van der Waals surface area contributed by atoms with Gasteiger partial charge in [0.15, 0.2) is 0 Å². The van der Waals surface area contributed by atoms with Crippen LogP contribution >= 0.6 is 28.3 Å². The molecule has 0 radical (unpaired) electrons. The predicted molar refractivity (Wildman–Crippen MR) is 77.9 cm³/mol. The maximum Gasteiger partial charge on any atom is 0.573 e. The molecular formula is C12H17BrClF3N2O. The molecule has 8 heteroatoms. The average Bonchev–Trinajstić information content (AvgIpc) is 2.26. The molecular weight excluding hydrogens is 360 g/mol. The van der Waals surface area contributed by atoms with E-state index >= 15 is 0 Å². The number of rotatable bonds is 6. The van der Waals surface area contributed by atoms with Crippen molar-refractivity contribution in [3.05, 3.63) is 28.2 Å². The molecule has 0 spiro atoms. The summed E-state index contributed by atoms with van der Waals surface area (Å²) < 4.78 is 40.9. The van der Waals surface area contributed by atoms with Gasteiger partial charge < -0.3 is 16.2 Å². The minimum atomic E-state index is -4.71. The molecule has 0 aliphatic carbocycles. The molecule has 0 unspecified atom stereocenters. The summed E-state index contributed by atoms with van der Waals surface area (Å²) in [4.78, 5) is 0. The zero-order chi connectivity index (χ0) is 14.5. The summed E-state index contributed by atoms with van der Waals surface area (Å²) in [5.74, 6) is -0.272. The van der Waals surface area contributed by atoms with Crippen molar-refractivity contribution in [2.75, 3.05) is 6.54 Å². The lowest BCUT2D eigenvalue weighted by molar-refractivity contribution is -0.274. The fourth-order valence-electron chi connectivity index (χ4n) is 1.67. The molecule has 20 heavy (non-hydrogen) atoms. The third-order valence-corrected chi connectivity index (χ3v) is 2.98. The van der Waals surface area contributed by atoms with Gasteiger partial charge in [-0.1, -0.05) is 22.4 Å². The van der Waals surface area contributed by atoms with Gasteiger partial charge in [0.05, 0.1) is 0 Å². The molecule has 0 bridgehead atoms. The van der Waals surface area contributed by atoms with Crippen molar-refractivity contribution in [1.29, 1.82) is 0 Å². The van der Waals surface area contributed by atoms with Crippen molar-refractivity contribution >= 4 is 28.3 Å². The van der Waals surface area contributed by atoms with Gasteiger partial charge in [0.25, 0.3) is 0 Å². The van der Waals surface area contributed by atoms with E-state index in [-0.39, 0.29) is 24.2 Å². The molecule has 4 N–H and O–H groups in total. The second-order valence-corrected chi connectivity index (χ2v) is 5.07. The highest BCUT2D eigenvalue weighted by Crippen LogP contribution is 2.30. The molecule has 1 aromatic carbocycles. The third-order valence-electron chi connectivity index (χ3n) is 2.52. The molecule has 0 aliphatic heterocycles. The second-order valence-electron chi connectivity index (χ2n) is 4.16. The molecule has 116 valence electrons. The molecule has 0 aliphatic rings. The van der Waals surface area contributed by atoms with Gasteiger partial charge in [-0.3, -0.25) is 0 Å². The van der Waals surface area contributed by atoms with Crippen LogP contribution in [0.5, 0.6) is 5.75 Å². The Morgan fingerprint density at radius 1 is 1.20 bits per heavy atom. The number of halogens is 5. The Bertz CT molecular complexity index is 418. The first-order valence-corrected chi connectivity index (χ1v) is 6.63. The molecule has 1 rings (SSSR count). The number of alkyl halides is 3. The summed E-state index contributed by atoms with van der Waals surface area (Å²) in [6.07, 6.45) is -2.37. The lowest BCUT2D eigenvalue weighted by atomic mass is 10.0. The van der Waals surface area contributed by atoms with Gasteiger partial charge in [-0.05, 0) is 43.1 Å². The maximum atomic E-state index is 12.2. The van der Waals surface area contributed by atoms with Crippen molar-refractivity contribution in [3.63, 3.8) is 0 Å². The van der Waals surface area contributed by atoms with E-state index in [9.17, 15) is 13.2 Å². The Labute approximate surface area is 130 Å². The van der Waals surface area contributed by atoms with Crippen LogP contribution in [0, 0.1) is 0 Å². The van der Waals surface area contributed by atoms with Crippen LogP contribution in [-0.4, -0.2) is 12.9 Å². The summed E-state index contributed by atoms with van der Waals surface area (Å²) in [7, 11) is 0. The monoisotopic (exact) mass is 376 g/mol. The normalized spacial score (nSPS) is 12.7. The van der Waals surface area contributed by atoms with Gasteiger partial charge in [0.2, 0.25) is 0 Å². The minimum absolute atomic E-state index is 0. The van der Waals surface area contributed by atoms with Crippen LogP contribution in [0.15, 0.2) is 22.7 Å². The fourth-order valence-corrected chi connectivity index (χ4v) is 2.16.